The van der Waals surface area contributed by atoms with Crippen LogP contribution in [0.2, 0.25) is 5.02 Å². The number of ketones is 1. The molecular weight excluding hydrogens is 462 g/mol. The van der Waals surface area contributed by atoms with Crippen LogP contribution in [0.3, 0.4) is 0 Å². The second-order valence-corrected chi connectivity index (χ2v) is 9.25. The monoisotopic (exact) mass is 489 g/mol. The molecule has 0 amide bonds. The number of rotatable bonds is 8. The van der Waals surface area contributed by atoms with Crippen LogP contribution in [0.25, 0.3) is 22.0 Å². The summed E-state index contributed by atoms with van der Waals surface area (Å²) in [4.78, 5) is 18.7. The third-order valence-corrected chi connectivity index (χ3v) is 5.98. The van der Waals surface area contributed by atoms with Crippen LogP contribution < -0.4 is 10.1 Å². The summed E-state index contributed by atoms with van der Waals surface area (Å²) in [5.41, 5.74) is 6.26. The van der Waals surface area contributed by atoms with Crippen molar-refractivity contribution in [3.8, 4) is 22.6 Å². The van der Waals surface area contributed by atoms with E-state index in [1.165, 1.54) is 12.7 Å². The van der Waals surface area contributed by atoms with E-state index in [0.717, 1.165) is 45.5 Å². The lowest BCUT2D eigenvalue weighted by atomic mass is 9.99. The fraction of sp³-hybridized carbons (Fsp3) is 0.214. The van der Waals surface area contributed by atoms with Gasteiger partial charge in [0.05, 0.1) is 23.3 Å². The van der Waals surface area contributed by atoms with Crippen molar-refractivity contribution in [2.45, 2.75) is 19.9 Å². The Balaban J connectivity index is 1.82. The molecule has 4 aromatic rings. The zero-order valence-electron chi connectivity index (χ0n) is 20.2. The molecule has 0 bridgehead atoms. The summed E-state index contributed by atoms with van der Waals surface area (Å²) in [5.74, 6) is 0.262. The first-order valence-corrected chi connectivity index (χ1v) is 11.6. The molecule has 0 atom stereocenters. The quantitative estimate of drug-likeness (QED) is 0.306. The Morgan fingerprint density at radius 2 is 1.83 bits per heavy atom. The molecule has 0 radical (unpaired) electrons. The minimum absolute atomic E-state index is 0.0572. The van der Waals surface area contributed by atoms with Crippen LogP contribution in [0.4, 0.5) is 11.4 Å². The van der Waals surface area contributed by atoms with Crippen molar-refractivity contribution >= 4 is 39.7 Å². The van der Waals surface area contributed by atoms with Crippen LogP contribution in [-0.2, 0) is 17.8 Å². The van der Waals surface area contributed by atoms with Gasteiger partial charge < -0.3 is 20.1 Å². The molecular formula is C28H28ClN3O3. The van der Waals surface area contributed by atoms with Gasteiger partial charge in [-0.05, 0) is 74.1 Å². The largest absolute Gasteiger partial charge is 0.503 e. The van der Waals surface area contributed by atoms with Crippen molar-refractivity contribution in [1.29, 1.82) is 0 Å². The van der Waals surface area contributed by atoms with Gasteiger partial charge in [0.25, 0.3) is 0 Å². The van der Waals surface area contributed by atoms with Gasteiger partial charge in [-0.2, -0.15) is 0 Å². The van der Waals surface area contributed by atoms with Gasteiger partial charge >= 0.3 is 0 Å². The van der Waals surface area contributed by atoms with E-state index in [4.69, 9.17) is 16.3 Å². The van der Waals surface area contributed by atoms with Gasteiger partial charge in [0.2, 0.25) is 0 Å². The molecule has 6 nitrogen and oxygen atoms in total. The van der Waals surface area contributed by atoms with Crippen LogP contribution in [0.15, 0.2) is 60.8 Å². The lowest BCUT2D eigenvalue weighted by molar-refractivity contribution is -0.116. The molecule has 0 aliphatic carbocycles. The number of Topliss-reactive ketones (excluding diaryl/α,β-unsaturated/α-hetero) is 1. The van der Waals surface area contributed by atoms with Crippen LogP contribution >= 0.6 is 11.6 Å². The van der Waals surface area contributed by atoms with E-state index in [9.17, 15) is 9.90 Å². The van der Waals surface area contributed by atoms with E-state index in [2.05, 4.69) is 27.3 Å². The number of fused-ring (bicyclic) bond motifs is 1. The zero-order valence-corrected chi connectivity index (χ0v) is 21.0. The molecule has 0 aliphatic rings. The number of ether oxygens (including phenoxy) is 1. The molecule has 0 saturated carbocycles. The van der Waals surface area contributed by atoms with Gasteiger partial charge in [-0.15, -0.1) is 0 Å². The Hall–Kier alpha value is -3.61. The number of phenols is 1. The average molecular weight is 490 g/mol. The molecule has 180 valence electrons. The van der Waals surface area contributed by atoms with Gasteiger partial charge in [-0.25, -0.2) is 0 Å². The molecule has 35 heavy (non-hydrogen) atoms. The number of benzene rings is 3. The first-order chi connectivity index (χ1) is 16.7. The maximum atomic E-state index is 12.0. The van der Waals surface area contributed by atoms with Crippen LogP contribution in [-0.4, -0.2) is 42.0 Å². The Bertz CT molecular complexity index is 1380. The molecule has 4 rings (SSSR count). The van der Waals surface area contributed by atoms with Gasteiger partial charge in [-0.1, -0.05) is 29.8 Å². The average Bonchev–Trinajstić information content (AvgIpc) is 2.82. The van der Waals surface area contributed by atoms with Crippen molar-refractivity contribution in [2.75, 3.05) is 26.5 Å². The lowest BCUT2D eigenvalue weighted by Crippen LogP contribution is -2.10. The highest BCUT2D eigenvalue weighted by atomic mass is 35.5. The number of hydrogen-bond acceptors (Lipinski definition) is 6. The Kier molecular flexibility index (Phi) is 7.24. The van der Waals surface area contributed by atoms with Crippen molar-refractivity contribution in [3.05, 3.63) is 76.9 Å². The minimum atomic E-state index is -0.0933. The highest BCUT2D eigenvalue weighted by molar-refractivity contribution is 6.32. The number of anilines is 2. The number of aromatic hydroxyl groups is 1. The summed E-state index contributed by atoms with van der Waals surface area (Å²) in [7, 11) is 5.56. The topological polar surface area (TPSA) is 74.7 Å². The van der Waals surface area contributed by atoms with Crippen molar-refractivity contribution in [1.82, 2.24) is 9.88 Å². The Labute approximate surface area is 210 Å². The highest BCUT2D eigenvalue weighted by Gasteiger charge is 2.15. The number of nitrogens with zero attached hydrogens (tertiary/aromatic N) is 2. The van der Waals surface area contributed by atoms with E-state index >= 15 is 0 Å². The predicted octanol–water partition coefficient (Wildman–Crippen LogP) is 6.21. The number of nitrogens with one attached hydrogen (secondary N) is 1. The predicted molar refractivity (Wildman–Crippen MR) is 142 cm³/mol. The van der Waals surface area contributed by atoms with E-state index in [-0.39, 0.29) is 23.0 Å². The molecule has 2 N–H and O–H groups in total. The van der Waals surface area contributed by atoms with Gasteiger partial charge in [-0.3, -0.25) is 9.78 Å². The van der Waals surface area contributed by atoms with Crippen LogP contribution in [0.5, 0.6) is 11.5 Å². The maximum Gasteiger partial charge on any atom is 0.176 e. The molecule has 0 saturated heterocycles. The lowest BCUT2D eigenvalue weighted by Gasteiger charge is -2.16. The summed E-state index contributed by atoms with van der Waals surface area (Å²) < 4.78 is 5.27. The number of pyridine rings is 1. The Morgan fingerprint density at radius 3 is 2.49 bits per heavy atom. The first-order valence-electron chi connectivity index (χ1n) is 11.2. The summed E-state index contributed by atoms with van der Waals surface area (Å²) in [6, 6.07) is 17.6. The summed E-state index contributed by atoms with van der Waals surface area (Å²) in [5, 5.41) is 14.7. The molecule has 0 unspecified atom stereocenters. The molecule has 3 aromatic carbocycles. The SMILES string of the molecule is COc1cc(-c2ccc3ncc(CC(C)=O)c(Nc4ccc(CN(C)C)cc4)c3c2)cc(Cl)c1O. The molecule has 1 aromatic heterocycles. The highest BCUT2D eigenvalue weighted by Crippen LogP contribution is 2.40. The van der Waals surface area contributed by atoms with E-state index in [0.29, 0.717) is 5.75 Å². The minimum Gasteiger partial charge on any atom is -0.503 e. The maximum absolute atomic E-state index is 12.0. The first kappa shape index (κ1) is 24.5. The number of halogens is 1. The van der Waals surface area contributed by atoms with E-state index < -0.39 is 0 Å². The van der Waals surface area contributed by atoms with Gasteiger partial charge in [0.1, 0.15) is 5.78 Å². The van der Waals surface area contributed by atoms with Crippen molar-refractivity contribution < 1.29 is 14.6 Å². The smallest absolute Gasteiger partial charge is 0.176 e. The number of aromatic nitrogens is 1. The van der Waals surface area contributed by atoms with Gasteiger partial charge in [0.15, 0.2) is 11.5 Å². The second-order valence-electron chi connectivity index (χ2n) is 8.84. The number of carbonyl (C=O) groups excluding carboxylic acids is 1. The van der Waals surface area contributed by atoms with Gasteiger partial charge in [0, 0.05) is 35.8 Å². The number of hydrogen-bond donors (Lipinski definition) is 2. The molecule has 1 heterocycles. The van der Waals surface area contributed by atoms with Crippen LogP contribution in [0.1, 0.15) is 18.1 Å². The van der Waals surface area contributed by atoms with Crippen molar-refractivity contribution in [3.63, 3.8) is 0 Å². The molecule has 0 spiro atoms. The Morgan fingerprint density at radius 1 is 1.09 bits per heavy atom. The molecule has 0 aliphatic heterocycles. The third kappa shape index (κ3) is 5.56. The number of phenolic OH excluding ortho intramolecular Hbond substituents is 1. The fourth-order valence-corrected chi connectivity index (χ4v) is 4.27. The molecule has 7 heteroatoms. The molecule has 0 fully saturated rings. The fourth-order valence-electron chi connectivity index (χ4n) is 4.06. The zero-order chi connectivity index (χ0) is 25.1. The second kappa shape index (κ2) is 10.3. The van der Waals surface area contributed by atoms with Crippen LogP contribution in [0, 0.1) is 0 Å². The summed E-state index contributed by atoms with van der Waals surface area (Å²) >= 11 is 6.24. The number of methoxy groups -OCH3 is 1. The summed E-state index contributed by atoms with van der Waals surface area (Å²) in [6.45, 7) is 2.43. The standard InChI is InChI=1S/C28H28ClN3O3/c1-17(33)11-21-15-30-25-10-7-19(20-13-24(29)28(34)26(14-20)35-4)12-23(25)27(21)31-22-8-5-18(6-9-22)16-32(2)3/h5-10,12-15,34H,11,16H2,1-4H3,(H,30,31). The normalized spacial score (nSPS) is 11.1. The van der Waals surface area contributed by atoms with E-state index in [1.807, 2.05) is 44.4 Å². The van der Waals surface area contributed by atoms with Crippen molar-refractivity contribution in [2.24, 2.45) is 0 Å². The van der Waals surface area contributed by atoms with E-state index in [1.54, 1.807) is 25.3 Å². The summed E-state index contributed by atoms with van der Waals surface area (Å²) in [6.07, 6.45) is 2.03. The number of carbonyl (C=O) groups is 1. The third-order valence-electron chi connectivity index (χ3n) is 5.69.